The quantitative estimate of drug-likeness (QED) is 0.770. The Bertz CT molecular complexity index is 553. The molecule has 0 aliphatic carbocycles. The highest BCUT2D eigenvalue weighted by Crippen LogP contribution is 2.21. The minimum Gasteiger partial charge on any atom is -0.299 e. The molecule has 0 aliphatic heterocycles. The Morgan fingerprint density at radius 2 is 1.72 bits per heavy atom. The Hall–Kier alpha value is -1.42. The lowest BCUT2D eigenvalue weighted by atomic mass is 10.1. The molecule has 1 aromatic rings. The molecule has 3 nitrogen and oxygen atoms in total. The van der Waals surface area contributed by atoms with E-state index in [-0.39, 0.29) is 17.1 Å². The van der Waals surface area contributed by atoms with Crippen LogP contribution < -0.4 is 0 Å². The second kappa shape index (κ2) is 5.48. The molecule has 1 atom stereocenters. The Kier molecular flexibility index (Phi) is 4.46. The summed E-state index contributed by atoms with van der Waals surface area (Å²) in [6.07, 6.45) is 0.172. The standard InChI is InChI=1S/C14H18O3S/c1-10(2)9-14(12(4)15)18(16,17)13-7-5-11(3)6-8-13/h5-8,14H,1,9H2,2-4H3. The van der Waals surface area contributed by atoms with Gasteiger partial charge in [-0.2, -0.15) is 0 Å². The van der Waals surface area contributed by atoms with Gasteiger partial charge in [0, 0.05) is 0 Å². The number of aryl methyl sites for hydroxylation is 1. The molecule has 0 spiro atoms. The van der Waals surface area contributed by atoms with Crippen molar-refractivity contribution in [2.75, 3.05) is 0 Å². The van der Waals surface area contributed by atoms with Crippen LogP contribution >= 0.6 is 0 Å². The molecule has 1 rings (SSSR count). The average Bonchev–Trinajstić information content (AvgIpc) is 2.25. The molecule has 0 radical (unpaired) electrons. The summed E-state index contributed by atoms with van der Waals surface area (Å²) >= 11 is 0. The van der Waals surface area contributed by atoms with Gasteiger partial charge in [-0.1, -0.05) is 23.3 Å². The number of allylic oxidation sites excluding steroid dienone is 1. The van der Waals surface area contributed by atoms with Crippen LogP contribution in [0.4, 0.5) is 0 Å². The van der Waals surface area contributed by atoms with Crippen LogP contribution in [-0.4, -0.2) is 19.5 Å². The van der Waals surface area contributed by atoms with Crippen molar-refractivity contribution in [1.29, 1.82) is 0 Å². The lowest BCUT2D eigenvalue weighted by Crippen LogP contribution is -2.28. The van der Waals surface area contributed by atoms with Crippen LogP contribution in [0.25, 0.3) is 0 Å². The Labute approximate surface area is 108 Å². The second-order valence-corrected chi connectivity index (χ2v) is 6.75. The van der Waals surface area contributed by atoms with Crippen molar-refractivity contribution in [3.63, 3.8) is 0 Å². The van der Waals surface area contributed by atoms with Gasteiger partial charge in [0.25, 0.3) is 0 Å². The third-order valence-electron chi connectivity index (χ3n) is 2.71. The number of Topliss-reactive ketones (excluding diaryl/α,β-unsaturated/α-hetero) is 1. The third kappa shape index (κ3) is 3.29. The van der Waals surface area contributed by atoms with Crippen LogP contribution in [0.5, 0.6) is 0 Å². The van der Waals surface area contributed by atoms with Gasteiger partial charge in [0.05, 0.1) is 4.90 Å². The molecular formula is C14H18O3S. The molecule has 0 amide bonds. The molecule has 1 aromatic carbocycles. The Morgan fingerprint density at radius 3 is 2.11 bits per heavy atom. The van der Waals surface area contributed by atoms with Crippen molar-refractivity contribution in [3.8, 4) is 0 Å². The minimum atomic E-state index is -3.62. The molecule has 18 heavy (non-hydrogen) atoms. The molecule has 0 bridgehead atoms. The third-order valence-corrected chi connectivity index (χ3v) is 4.89. The summed E-state index contributed by atoms with van der Waals surface area (Å²) in [7, 11) is -3.62. The lowest BCUT2D eigenvalue weighted by Gasteiger charge is -2.15. The molecule has 98 valence electrons. The van der Waals surface area contributed by atoms with Crippen LogP contribution in [0.15, 0.2) is 41.3 Å². The summed E-state index contributed by atoms with van der Waals surface area (Å²) in [5.41, 5.74) is 1.67. The molecule has 0 saturated carbocycles. The molecule has 0 N–H and O–H groups in total. The largest absolute Gasteiger partial charge is 0.299 e. The minimum absolute atomic E-state index is 0.172. The maximum absolute atomic E-state index is 12.4. The zero-order valence-corrected chi connectivity index (χ0v) is 11.8. The molecule has 1 unspecified atom stereocenters. The zero-order chi connectivity index (χ0) is 13.9. The first-order valence-electron chi connectivity index (χ1n) is 5.70. The van der Waals surface area contributed by atoms with Crippen molar-refractivity contribution in [3.05, 3.63) is 42.0 Å². The highest BCUT2D eigenvalue weighted by molar-refractivity contribution is 7.92. The number of carbonyl (C=O) groups is 1. The fraction of sp³-hybridized carbons (Fsp3) is 0.357. The van der Waals surface area contributed by atoms with Crippen LogP contribution in [0.1, 0.15) is 25.8 Å². The highest BCUT2D eigenvalue weighted by atomic mass is 32.2. The predicted octanol–water partition coefficient (Wildman–Crippen LogP) is 2.69. The summed E-state index contributed by atoms with van der Waals surface area (Å²) < 4.78 is 24.7. The van der Waals surface area contributed by atoms with Crippen molar-refractivity contribution in [1.82, 2.24) is 0 Å². The van der Waals surface area contributed by atoms with Crippen molar-refractivity contribution in [2.45, 2.75) is 37.3 Å². The summed E-state index contributed by atoms with van der Waals surface area (Å²) in [6.45, 7) is 8.59. The van der Waals surface area contributed by atoms with Gasteiger partial charge in [0.15, 0.2) is 9.84 Å². The van der Waals surface area contributed by atoms with Crippen LogP contribution in [0.2, 0.25) is 0 Å². The van der Waals surface area contributed by atoms with Gasteiger partial charge in [-0.15, -0.1) is 6.58 Å². The van der Waals surface area contributed by atoms with Gasteiger partial charge >= 0.3 is 0 Å². The van der Waals surface area contributed by atoms with E-state index in [1.807, 2.05) is 6.92 Å². The molecule has 0 saturated heterocycles. The molecule has 0 aliphatic rings. The summed E-state index contributed by atoms with van der Waals surface area (Å²) in [6, 6.07) is 6.54. The number of benzene rings is 1. The van der Waals surface area contributed by atoms with E-state index in [0.717, 1.165) is 5.56 Å². The number of carbonyl (C=O) groups excluding carboxylic acids is 1. The fourth-order valence-electron chi connectivity index (χ4n) is 1.68. The normalized spacial score (nSPS) is 13.1. The number of rotatable bonds is 5. The Morgan fingerprint density at radius 1 is 1.22 bits per heavy atom. The smallest absolute Gasteiger partial charge is 0.188 e. The summed E-state index contributed by atoms with van der Waals surface area (Å²) in [5, 5.41) is -1.03. The van der Waals surface area contributed by atoms with Crippen LogP contribution in [0.3, 0.4) is 0 Å². The molecular weight excluding hydrogens is 248 g/mol. The van der Waals surface area contributed by atoms with E-state index in [2.05, 4.69) is 6.58 Å². The van der Waals surface area contributed by atoms with Gasteiger partial charge in [0.2, 0.25) is 0 Å². The van der Waals surface area contributed by atoms with E-state index in [9.17, 15) is 13.2 Å². The second-order valence-electron chi connectivity index (χ2n) is 4.62. The van der Waals surface area contributed by atoms with Gasteiger partial charge in [-0.25, -0.2) is 8.42 Å². The van der Waals surface area contributed by atoms with Gasteiger partial charge < -0.3 is 0 Å². The van der Waals surface area contributed by atoms with Gasteiger partial charge in [0.1, 0.15) is 11.0 Å². The van der Waals surface area contributed by atoms with Crippen LogP contribution in [-0.2, 0) is 14.6 Å². The SMILES string of the molecule is C=C(C)CC(C(C)=O)S(=O)(=O)c1ccc(C)cc1. The first-order valence-corrected chi connectivity index (χ1v) is 7.25. The lowest BCUT2D eigenvalue weighted by molar-refractivity contribution is -0.116. The summed E-state index contributed by atoms with van der Waals surface area (Å²) in [4.78, 5) is 11.7. The monoisotopic (exact) mass is 266 g/mol. The molecule has 0 heterocycles. The molecule has 0 fully saturated rings. The molecule has 0 aromatic heterocycles. The number of hydrogen-bond donors (Lipinski definition) is 0. The van der Waals surface area contributed by atoms with Crippen molar-refractivity contribution >= 4 is 15.6 Å². The van der Waals surface area contributed by atoms with E-state index in [4.69, 9.17) is 0 Å². The van der Waals surface area contributed by atoms with Gasteiger partial charge in [-0.3, -0.25) is 4.79 Å². The summed E-state index contributed by atoms with van der Waals surface area (Å²) in [5.74, 6) is -0.349. The Balaban J connectivity index is 3.21. The maximum atomic E-state index is 12.4. The predicted molar refractivity (Wildman–Crippen MR) is 72.3 cm³/mol. The number of sulfone groups is 1. The first kappa shape index (κ1) is 14.6. The number of ketones is 1. The number of hydrogen-bond acceptors (Lipinski definition) is 3. The van der Waals surface area contributed by atoms with Crippen molar-refractivity contribution < 1.29 is 13.2 Å². The van der Waals surface area contributed by atoms with E-state index in [1.54, 1.807) is 31.2 Å². The van der Waals surface area contributed by atoms with E-state index < -0.39 is 15.1 Å². The zero-order valence-electron chi connectivity index (χ0n) is 10.9. The van der Waals surface area contributed by atoms with Crippen molar-refractivity contribution in [2.24, 2.45) is 0 Å². The van der Waals surface area contributed by atoms with E-state index >= 15 is 0 Å². The molecule has 4 heteroatoms. The van der Waals surface area contributed by atoms with E-state index in [1.165, 1.54) is 6.92 Å². The van der Waals surface area contributed by atoms with E-state index in [0.29, 0.717) is 5.57 Å². The average molecular weight is 266 g/mol. The topological polar surface area (TPSA) is 51.2 Å². The maximum Gasteiger partial charge on any atom is 0.188 e. The fourth-order valence-corrected chi connectivity index (χ4v) is 3.47. The van der Waals surface area contributed by atoms with Gasteiger partial charge in [-0.05, 0) is 39.3 Å². The highest BCUT2D eigenvalue weighted by Gasteiger charge is 2.31. The first-order chi connectivity index (χ1) is 8.25. The van der Waals surface area contributed by atoms with Crippen LogP contribution in [0, 0.1) is 6.92 Å².